The predicted molar refractivity (Wildman–Crippen MR) is 65.3 cm³/mol. The van der Waals surface area contributed by atoms with Crippen molar-refractivity contribution in [3.05, 3.63) is 29.6 Å². The lowest BCUT2D eigenvalue weighted by atomic mass is 10.1. The zero-order valence-electron chi connectivity index (χ0n) is 9.72. The van der Waals surface area contributed by atoms with Crippen molar-refractivity contribution in [1.29, 1.82) is 0 Å². The number of thioether (sulfide) groups is 1. The minimum absolute atomic E-state index is 0.150. The van der Waals surface area contributed by atoms with Gasteiger partial charge in [-0.15, -0.1) is 0 Å². The molecule has 1 aromatic rings. The van der Waals surface area contributed by atoms with E-state index in [1.165, 1.54) is 6.07 Å². The summed E-state index contributed by atoms with van der Waals surface area (Å²) in [5.74, 6) is -0.373. The maximum atomic E-state index is 13.1. The Balaban J connectivity index is 2.15. The van der Waals surface area contributed by atoms with E-state index < -0.39 is 17.6 Å². The molecular formula is C12H13F4NS. The van der Waals surface area contributed by atoms with Gasteiger partial charge < -0.3 is 5.32 Å². The van der Waals surface area contributed by atoms with Crippen LogP contribution in [0.5, 0.6) is 0 Å². The normalized spacial score (nSPS) is 24.3. The molecule has 100 valence electrons. The summed E-state index contributed by atoms with van der Waals surface area (Å²) in [6, 6.07) is 3.19. The van der Waals surface area contributed by atoms with Gasteiger partial charge in [0, 0.05) is 22.7 Å². The molecule has 6 heteroatoms. The number of halogens is 4. The number of rotatable bonds is 2. The van der Waals surface area contributed by atoms with E-state index in [2.05, 4.69) is 12.2 Å². The largest absolute Gasteiger partial charge is 0.419 e. The van der Waals surface area contributed by atoms with Crippen molar-refractivity contribution in [3.63, 3.8) is 0 Å². The molecule has 0 saturated carbocycles. The lowest BCUT2D eigenvalue weighted by Gasteiger charge is -2.15. The fourth-order valence-corrected chi connectivity index (χ4v) is 3.13. The Hall–Kier alpha value is -0.910. The number of alkyl halides is 3. The first kappa shape index (κ1) is 13.5. The van der Waals surface area contributed by atoms with Crippen molar-refractivity contribution in [2.45, 2.75) is 30.8 Å². The molecule has 0 aromatic heterocycles. The summed E-state index contributed by atoms with van der Waals surface area (Å²) < 4.78 is 50.7. The first-order valence-corrected chi connectivity index (χ1v) is 6.66. The van der Waals surface area contributed by atoms with Crippen LogP contribution in [0, 0.1) is 5.82 Å². The van der Waals surface area contributed by atoms with Gasteiger partial charge >= 0.3 is 6.18 Å². The average molecular weight is 279 g/mol. The second-order valence-corrected chi connectivity index (χ2v) is 5.88. The minimum Gasteiger partial charge on any atom is -0.381 e. The van der Waals surface area contributed by atoms with E-state index >= 15 is 0 Å². The zero-order valence-corrected chi connectivity index (χ0v) is 10.5. The van der Waals surface area contributed by atoms with Crippen LogP contribution in [0.15, 0.2) is 18.2 Å². The monoisotopic (exact) mass is 279 g/mol. The van der Waals surface area contributed by atoms with Crippen LogP contribution in [-0.4, -0.2) is 17.0 Å². The summed E-state index contributed by atoms with van der Waals surface area (Å²) in [4.78, 5) is 0. The second-order valence-electron chi connectivity index (χ2n) is 4.41. The molecule has 18 heavy (non-hydrogen) atoms. The number of hydrogen-bond donors (Lipinski definition) is 1. The van der Waals surface area contributed by atoms with Gasteiger partial charge in [-0.1, -0.05) is 6.92 Å². The molecule has 1 aromatic carbocycles. The number of benzene rings is 1. The molecule has 1 heterocycles. The van der Waals surface area contributed by atoms with Gasteiger partial charge in [-0.2, -0.15) is 24.9 Å². The fourth-order valence-electron chi connectivity index (χ4n) is 1.99. The Kier molecular flexibility index (Phi) is 3.75. The molecule has 2 unspecified atom stereocenters. The molecule has 1 nitrogen and oxygen atoms in total. The Morgan fingerprint density at radius 3 is 2.61 bits per heavy atom. The van der Waals surface area contributed by atoms with E-state index in [0.29, 0.717) is 10.9 Å². The van der Waals surface area contributed by atoms with Crippen molar-refractivity contribution in [3.8, 4) is 0 Å². The highest BCUT2D eigenvalue weighted by molar-refractivity contribution is 8.00. The third-order valence-corrected chi connectivity index (χ3v) is 4.20. The molecule has 2 rings (SSSR count). The highest BCUT2D eigenvalue weighted by atomic mass is 32.2. The van der Waals surface area contributed by atoms with Crippen LogP contribution >= 0.6 is 11.8 Å². The predicted octanol–water partition coefficient (Wildman–Crippen LogP) is 4.15. The highest BCUT2D eigenvalue weighted by Crippen LogP contribution is 2.34. The number of nitrogens with one attached hydrogen (secondary N) is 1. The first-order valence-electron chi connectivity index (χ1n) is 5.61. The topological polar surface area (TPSA) is 12.0 Å². The standard InChI is InChI=1S/C12H13F4NS/c1-7-4-9(6-18-7)17-8-2-3-11(13)10(5-8)12(14,15)16/h2-3,5,7,9,17H,4,6H2,1H3. The van der Waals surface area contributed by atoms with Crippen LogP contribution in [0.1, 0.15) is 18.9 Å². The van der Waals surface area contributed by atoms with Crippen molar-refractivity contribution >= 4 is 17.4 Å². The van der Waals surface area contributed by atoms with Crippen molar-refractivity contribution < 1.29 is 17.6 Å². The molecule has 1 saturated heterocycles. The maximum Gasteiger partial charge on any atom is 0.419 e. The van der Waals surface area contributed by atoms with E-state index in [0.717, 1.165) is 24.3 Å². The lowest BCUT2D eigenvalue weighted by Crippen LogP contribution is -2.19. The first-order chi connectivity index (χ1) is 8.36. The van der Waals surface area contributed by atoms with E-state index in [1.807, 2.05) is 0 Å². The van der Waals surface area contributed by atoms with Gasteiger partial charge in [0.1, 0.15) is 5.82 Å². The fraction of sp³-hybridized carbons (Fsp3) is 0.500. The van der Waals surface area contributed by atoms with Crippen LogP contribution in [0.4, 0.5) is 23.2 Å². The van der Waals surface area contributed by atoms with Crippen LogP contribution in [0.3, 0.4) is 0 Å². The SMILES string of the molecule is CC1CC(Nc2ccc(F)c(C(F)(F)F)c2)CS1. The number of hydrogen-bond acceptors (Lipinski definition) is 2. The summed E-state index contributed by atoms with van der Waals surface area (Å²) in [6.07, 6.45) is -3.75. The van der Waals surface area contributed by atoms with E-state index in [1.54, 1.807) is 11.8 Å². The number of anilines is 1. The van der Waals surface area contributed by atoms with Gasteiger partial charge in [-0.05, 0) is 24.6 Å². The summed E-state index contributed by atoms with van der Waals surface area (Å²) in [5.41, 5.74) is -0.894. The van der Waals surface area contributed by atoms with Crippen molar-refractivity contribution in [2.24, 2.45) is 0 Å². The van der Waals surface area contributed by atoms with Crippen LogP contribution in [-0.2, 0) is 6.18 Å². The molecule has 1 fully saturated rings. The van der Waals surface area contributed by atoms with Crippen molar-refractivity contribution in [2.75, 3.05) is 11.1 Å². The molecule has 0 amide bonds. The molecule has 1 aliphatic heterocycles. The molecule has 0 radical (unpaired) electrons. The van der Waals surface area contributed by atoms with Gasteiger partial charge in [0.15, 0.2) is 0 Å². The Morgan fingerprint density at radius 1 is 1.33 bits per heavy atom. The minimum atomic E-state index is -4.65. The Labute approximate surface area is 107 Å². The second kappa shape index (κ2) is 4.99. The van der Waals surface area contributed by atoms with Crippen LogP contribution < -0.4 is 5.32 Å². The summed E-state index contributed by atoms with van der Waals surface area (Å²) in [6.45, 7) is 2.08. The van der Waals surface area contributed by atoms with Gasteiger partial charge in [-0.25, -0.2) is 4.39 Å². The van der Waals surface area contributed by atoms with E-state index in [4.69, 9.17) is 0 Å². The molecule has 1 N–H and O–H groups in total. The smallest absolute Gasteiger partial charge is 0.381 e. The molecule has 0 bridgehead atoms. The summed E-state index contributed by atoms with van der Waals surface area (Å²) >= 11 is 1.78. The van der Waals surface area contributed by atoms with Crippen LogP contribution in [0.2, 0.25) is 0 Å². The third kappa shape index (κ3) is 3.10. The molecule has 1 aliphatic rings. The molecule has 0 spiro atoms. The quantitative estimate of drug-likeness (QED) is 0.816. The van der Waals surface area contributed by atoms with Crippen molar-refractivity contribution in [1.82, 2.24) is 0 Å². The van der Waals surface area contributed by atoms with Crippen LogP contribution in [0.25, 0.3) is 0 Å². The molecular weight excluding hydrogens is 266 g/mol. The summed E-state index contributed by atoms with van der Waals surface area (Å²) in [7, 11) is 0. The molecule has 0 aliphatic carbocycles. The maximum absolute atomic E-state index is 13.1. The summed E-state index contributed by atoms with van der Waals surface area (Å²) in [5, 5.41) is 3.53. The Bertz CT molecular complexity index is 433. The molecule has 2 atom stereocenters. The van der Waals surface area contributed by atoms with Gasteiger partial charge in [0.05, 0.1) is 5.56 Å². The average Bonchev–Trinajstić information content (AvgIpc) is 2.65. The van der Waals surface area contributed by atoms with E-state index in [9.17, 15) is 17.6 Å². The lowest BCUT2D eigenvalue weighted by molar-refractivity contribution is -0.139. The third-order valence-electron chi connectivity index (χ3n) is 2.84. The zero-order chi connectivity index (χ0) is 13.3. The van der Waals surface area contributed by atoms with Gasteiger partial charge in [0.25, 0.3) is 0 Å². The van der Waals surface area contributed by atoms with Gasteiger partial charge in [0.2, 0.25) is 0 Å². The Morgan fingerprint density at radius 2 is 2.06 bits per heavy atom. The van der Waals surface area contributed by atoms with E-state index in [-0.39, 0.29) is 6.04 Å². The van der Waals surface area contributed by atoms with Gasteiger partial charge in [-0.3, -0.25) is 0 Å². The highest BCUT2D eigenvalue weighted by Gasteiger charge is 2.34.